The molecule has 110 valence electrons. The first-order valence-electron chi connectivity index (χ1n) is 7.40. The zero-order valence-electron chi connectivity index (χ0n) is 12.1. The van der Waals surface area contributed by atoms with E-state index in [2.05, 4.69) is 0 Å². The van der Waals surface area contributed by atoms with E-state index < -0.39 is 12.0 Å². The summed E-state index contributed by atoms with van der Waals surface area (Å²) < 4.78 is 0. The number of carbonyl (C=O) groups excluding carboxylic acids is 1. The van der Waals surface area contributed by atoms with E-state index in [4.69, 9.17) is 0 Å². The largest absolute Gasteiger partial charge is 0.480 e. The van der Waals surface area contributed by atoms with Crippen molar-refractivity contribution in [2.45, 2.75) is 58.4 Å². The van der Waals surface area contributed by atoms with Crippen molar-refractivity contribution in [3.05, 3.63) is 0 Å². The van der Waals surface area contributed by atoms with Crippen LogP contribution in [-0.2, 0) is 4.79 Å². The number of likely N-dealkylation sites (tertiary alicyclic amines) is 1. The van der Waals surface area contributed by atoms with Gasteiger partial charge in [0.15, 0.2) is 0 Å². The van der Waals surface area contributed by atoms with Crippen LogP contribution in [0.3, 0.4) is 0 Å². The Morgan fingerprint density at radius 2 is 1.79 bits per heavy atom. The van der Waals surface area contributed by atoms with Crippen molar-refractivity contribution < 1.29 is 14.7 Å². The lowest BCUT2D eigenvalue weighted by Crippen LogP contribution is -2.51. The van der Waals surface area contributed by atoms with Crippen LogP contribution in [0.1, 0.15) is 52.4 Å². The molecular weight excluding hydrogens is 244 g/mol. The van der Waals surface area contributed by atoms with Crippen LogP contribution in [0.5, 0.6) is 0 Å². The van der Waals surface area contributed by atoms with E-state index in [0.29, 0.717) is 26.1 Å². The van der Waals surface area contributed by atoms with Gasteiger partial charge in [0.25, 0.3) is 0 Å². The molecule has 0 radical (unpaired) electrons. The number of carbonyl (C=O) groups is 2. The molecule has 0 aromatic carbocycles. The van der Waals surface area contributed by atoms with E-state index in [1.54, 1.807) is 9.80 Å². The third-order valence-corrected chi connectivity index (χ3v) is 3.54. The lowest BCUT2D eigenvalue weighted by Gasteiger charge is -2.33. The fourth-order valence-electron chi connectivity index (χ4n) is 2.62. The molecule has 1 aliphatic heterocycles. The van der Waals surface area contributed by atoms with Crippen LogP contribution in [0.15, 0.2) is 0 Å². The summed E-state index contributed by atoms with van der Waals surface area (Å²) in [4.78, 5) is 27.2. The predicted molar refractivity (Wildman–Crippen MR) is 74.1 cm³/mol. The van der Waals surface area contributed by atoms with E-state index in [0.717, 1.165) is 32.1 Å². The third-order valence-electron chi connectivity index (χ3n) is 3.54. The van der Waals surface area contributed by atoms with Gasteiger partial charge >= 0.3 is 12.0 Å². The average Bonchev–Trinajstić information content (AvgIpc) is 2.63. The van der Waals surface area contributed by atoms with E-state index in [-0.39, 0.29) is 6.03 Å². The smallest absolute Gasteiger partial charge is 0.326 e. The Morgan fingerprint density at radius 1 is 1.16 bits per heavy atom. The highest BCUT2D eigenvalue weighted by molar-refractivity contribution is 5.82. The zero-order valence-corrected chi connectivity index (χ0v) is 12.1. The van der Waals surface area contributed by atoms with Gasteiger partial charge in [-0.3, -0.25) is 0 Å². The Morgan fingerprint density at radius 3 is 2.32 bits per heavy atom. The van der Waals surface area contributed by atoms with Crippen LogP contribution in [0.25, 0.3) is 0 Å². The Bertz CT molecular complexity index is 301. The monoisotopic (exact) mass is 270 g/mol. The van der Waals surface area contributed by atoms with E-state index >= 15 is 0 Å². The molecule has 5 nitrogen and oxygen atoms in total. The number of nitrogens with zero attached hydrogens (tertiary/aromatic N) is 2. The number of hydrogen-bond acceptors (Lipinski definition) is 2. The molecule has 1 rings (SSSR count). The van der Waals surface area contributed by atoms with Crippen molar-refractivity contribution in [2.75, 3.05) is 19.6 Å². The summed E-state index contributed by atoms with van der Waals surface area (Å²) in [6, 6.07) is -0.746. The number of amides is 2. The second-order valence-corrected chi connectivity index (χ2v) is 5.17. The fourth-order valence-corrected chi connectivity index (χ4v) is 2.62. The topological polar surface area (TPSA) is 60.9 Å². The van der Waals surface area contributed by atoms with Crippen molar-refractivity contribution >= 4 is 12.0 Å². The first-order chi connectivity index (χ1) is 9.11. The molecule has 0 aliphatic carbocycles. The van der Waals surface area contributed by atoms with Crippen molar-refractivity contribution in [2.24, 2.45) is 0 Å². The maximum absolute atomic E-state index is 12.5. The number of aliphatic carboxylic acids is 1. The Labute approximate surface area is 115 Å². The van der Waals surface area contributed by atoms with Gasteiger partial charge in [0.1, 0.15) is 6.04 Å². The van der Waals surface area contributed by atoms with Crippen LogP contribution in [-0.4, -0.2) is 52.6 Å². The van der Waals surface area contributed by atoms with Gasteiger partial charge in [0.2, 0.25) is 0 Å². The average molecular weight is 270 g/mol. The molecule has 19 heavy (non-hydrogen) atoms. The molecule has 0 aromatic rings. The fraction of sp³-hybridized carbons (Fsp3) is 0.857. The highest BCUT2D eigenvalue weighted by Crippen LogP contribution is 2.19. The van der Waals surface area contributed by atoms with Gasteiger partial charge < -0.3 is 14.9 Å². The third kappa shape index (κ3) is 4.40. The molecule has 5 heteroatoms. The minimum absolute atomic E-state index is 0.0991. The van der Waals surface area contributed by atoms with E-state index in [1.807, 2.05) is 13.8 Å². The second-order valence-electron chi connectivity index (χ2n) is 5.17. The summed E-state index contributed by atoms with van der Waals surface area (Å²) >= 11 is 0. The zero-order chi connectivity index (χ0) is 14.3. The Hall–Kier alpha value is -1.26. The summed E-state index contributed by atoms with van der Waals surface area (Å²) in [6.45, 7) is 6.05. The van der Waals surface area contributed by atoms with Crippen LogP contribution in [0.2, 0.25) is 0 Å². The highest BCUT2D eigenvalue weighted by Gasteiger charge is 2.32. The predicted octanol–water partition coefficient (Wildman–Crippen LogP) is 2.56. The summed E-state index contributed by atoms with van der Waals surface area (Å²) in [5.41, 5.74) is 0. The van der Waals surface area contributed by atoms with Crippen molar-refractivity contribution in [3.8, 4) is 0 Å². The standard InChI is InChI=1S/C14H26N2O3/c1-3-9-15(10-4-2)14(19)16-11-7-5-6-8-12(16)13(17)18/h12H,3-11H2,1-2H3,(H,17,18). The Kier molecular flexibility index (Phi) is 6.67. The molecule has 1 atom stereocenters. The molecule has 1 heterocycles. The van der Waals surface area contributed by atoms with Crippen molar-refractivity contribution in [3.63, 3.8) is 0 Å². The van der Waals surface area contributed by atoms with Gasteiger partial charge in [-0.15, -0.1) is 0 Å². The van der Waals surface area contributed by atoms with Crippen LogP contribution in [0.4, 0.5) is 4.79 Å². The van der Waals surface area contributed by atoms with Crippen molar-refractivity contribution in [1.29, 1.82) is 0 Å². The summed E-state index contributed by atoms with van der Waals surface area (Å²) in [5, 5.41) is 9.31. The van der Waals surface area contributed by atoms with Crippen LogP contribution in [0, 0.1) is 0 Å². The van der Waals surface area contributed by atoms with Gasteiger partial charge in [-0.2, -0.15) is 0 Å². The number of urea groups is 1. The highest BCUT2D eigenvalue weighted by atomic mass is 16.4. The normalized spacial score (nSPS) is 19.9. The Balaban J connectivity index is 2.80. The molecule has 0 spiro atoms. The first-order valence-corrected chi connectivity index (χ1v) is 7.40. The minimum Gasteiger partial charge on any atom is -0.480 e. The molecule has 1 saturated heterocycles. The number of carboxylic acid groups (broad SMARTS) is 1. The minimum atomic E-state index is -0.872. The van der Waals surface area contributed by atoms with Gasteiger partial charge in [-0.1, -0.05) is 26.7 Å². The number of hydrogen-bond donors (Lipinski definition) is 1. The quantitative estimate of drug-likeness (QED) is 0.835. The molecule has 0 aromatic heterocycles. The first kappa shape index (κ1) is 15.8. The second kappa shape index (κ2) is 8.02. The van der Waals surface area contributed by atoms with Gasteiger partial charge in [-0.05, 0) is 25.7 Å². The summed E-state index contributed by atoms with van der Waals surface area (Å²) in [5.74, 6) is -0.872. The van der Waals surface area contributed by atoms with Crippen LogP contribution < -0.4 is 0 Å². The molecule has 1 unspecified atom stereocenters. The lowest BCUT2D eigenvalue weighted by molar-refractivity contribution is -0.142. The number of rotatable bonds is 5. The molecule has 1 fully saturated rings. The van der Waals surface area contributed by atoms with Gasteiger partial charge in [-0.25, -0.2) is 9.59 Å². The summed E-state index contributed by atoms with van der Waals surface area (Å²) in [6.07, 6.45) is 5.18. The molecular formula is C14H26N2O3. The van der Waals surface area contributed by atoms with Crippen molar-refractivity contribution in [1.82, 2.24) is 9.80 Å². The molecule has 1 aliphatic rings. The SMILES string of the molecule is CCCN(CCC)C(=O)N1CCCCCC1C(=O)O. The maximum Gasteiger partial charge on any atom is 0.326 e. The molecule has 0 bridgehead atoms. The summed E-state index contributed by atoms with van der Waals surface area (Å²) in [7, 11) is 0. The van der Waals surface area contributed by atoms with E-state index in [1.165, 1.54) is 0 Å². The van der Waals surface area contributed by atoms with Gasteiger partial charge in [0.05, 0.1) is 0 Å². The molecule has 2 amide bonds. The maximum atomic E-state index is 12.5. The molecule has 1 N–H and O–H groups in total. The lowest BCUT2D eigenvalue weighted by atomic mass is 10.1. The van der Waals surface area contributed by atoms with Gasteiger partial charge in [0, 0.05) is 19.6 Å². The van der Waals surface area contributed by atoms with Crippen LogP contribution >= 0.6 is 0 Å². The molecule has 0 saturated carbocycles. The number of carboxylic acids is 1. The van der Waals surface area contributed by atoms with E-state index in [9.17, 15) is 14.7 Å².